The topological polar surface area (TPSA) is 38.3 Å². The molecule has 1 rings (SSSR count). The number of rotatable bonds is 5. The van der Waals surface area contributed by atoms with E-state index in [1.165, 1.54) is 0 Å². The summed E-state index contributed by atoms with van der Waals surface area (Å²) in [7, 11) is 3.37. The van der Waals surface area contributed by atoms with Gasteiger partial charge in [-0.3, -0.25) is 4.79 Å². The van der Waals surface area contributed by atoms with Gasteiger partial charge >= 0.3 is 0 Å². The number of ketones is 1. The zero-order valence-electron chi connectivity index (χ0n) is 8.84. The SMILES string of the molecule is CNCC(=O)c1ccc(Br)cc1COC. The second-order valence-electron chi connectivity index (χ2n) is 3.19. The average molecular weight is 272 g/mol. The lowest BCUT2D eigenvalue weighted by Crippen LogP contribution is -2.19. The van der Waals surface area contributed by atoms with Crippen LogP contribution in [0.3, 0.4) is 0 Å². The molecule has 1 aromatic rings. The average Bonchev–Trinajstić information content (AvgIpc) is 2.18. The summed E-state index contributed by atoms with van der Waals surface area (Å²) in [5, 5.41) is 2.85. The first-order chi connectivity index (χ1) is 7.19. The van der Waals surface area contributed by atoms with E-state index in [0.29, 0.717) is 13.2 Å². The van der Waals surface area contributed by atoms with Gasteiger partial charge in [-0.2, -0.15) is 0 Å². The van der Waals surface area contributed by atoms with Crippen molar-refractivity contribution in [2.24, 2.45) is 0 Å². The minimum absolute atomic E-state index is 0.0806. The molecule has 0 bridgehead atoms. The number of hydrogen-bond donors (Lipinski definition) is 1. The Kier molecular flexibility index (Phi) is 4.94. The normalized spacial score (nSPS) is 10.3. The highest BCUT2D eigenvalue weighted by atomic mass is 79.9. The minimum Gasteiger partial charge on any atom is -0.380 e. The number of halogens is 1. The summed E-state index contributed by atoms with van der Waals surface area (Å²) in [4.78, 5) is 11.7. The lowest BCUT2D eigenvalue weighted by molar-refractivity contribution is 0.0988. The smallest absolute Gasteiger partial charge is 0.176 e. The Morgan fingerprint density at radius 1 is 1.53 bits per heavy atom. The number of carbonyl (C=O) groups is 1. The molecule has 1 aromatic carbocycles. The first kappa shape index (κ1) is 12.4. The predicted molar refractivity (Wildman–Crippen MR) is 63.1 cm³/mol. The van der Waals surface area contributed by atoms with Gasteiger partial charge in [0, 0.05) is 17.1 Å². The number of methoxy groups -OCH3 is 1. The number of benzene rings is 1. The largest absolute Gasteiger partial charge is 0.380 e. The molecule has 3 nitrogen and oxygen atoms in total. The van der Waals surface area contributed by atoms with E-state index < -0.39 is 0 Å². The van der Waals surface area contributed by atoms with Gasteiger partial charge < -0.3 is 10.1 Å². The molecule has 1 N–H and O–H groups in total. The molecule has 0 radical (unpaired) electrons. The summed E-state index contributed by atoms with van der Waals surface area (Å²) in [5.41, 5.74) is 1.63. The Balaban J connectivity index is 2.99. The summed E-state index contributed by atoms with van der Waals surface area (Å²) in [6.07, 6.45) is 0. The van der Waals surface area contributed by atoms with Gasteiger partial charge in [-0.25, -0.2) is 0 Å². The second-order valence-corrected chi connectivity index (χ2v) is 4.10. The molecule has 0 amide bonds. The van der Waals surface area contributed by atoms with E-state index in [1.807, 2.05) is 18.2 Å². The molecular formula is C11H14BrNO2. The van der Waals surface area contributed by atoms with Gasteiger partial charge in [-0.15, -0.1) is 0 Å². The number of nitrogens with one attached hydrogen (secondary N) is 1. The quantitative estimate of drug-likeness (QED) is 0.833. The maximum absolute atomic E-state index is 11.7. The first-order valence-electron chi connectivity index (χ1n) is 4.64. The van der Waals surface area contributed by atoms with Crippen LogP contribution in [-0.4, -0.2) is 26.5 Å². The molecule has 0 saturated heterocycles. The molecule has 0 heterocycles. The zero-order chi connectivity index (χ0) is 11.3. The lowest BCUT2D eigenvalue weighted by atomic mass is 10.0. The van der Waals surface area contributed by atoms with Crippen LogP contribution in [0.4, 0.5) is 0 Å². The van der Waals surface area contributed by atoms with E-state index in [0.717, 1.165) is 15.6 Å². The number of carbonyl (C=O) groups excluding carboxylic acids is 1. The van der Waals surface area contributed by atoms with E-state index >= 15 is 0 Å². The van der Waals surface area contributed by atoms with Crippen LogP contribution in [-0.2, 0) is 11.3 Å². The third-order valence-electron chi connectivity index (χ3n) is 2.00. The highest BCUT2D eigenvalue weighted by Gasteiger charge is 2.10. The zero-order valence-corrected chi connectivity index (χ0v) is 10.4. The Bertz CT molecular complexity index is 352. The van der Waals surface area contributed by atoms with Gasteiger partial charge in [0.25, 0.3) is 0 Å². The van der Waals surface area contributed by atoms with E-state index in [-0.39, 0.29) is 5.78 Å². The van der Waals surface area contributed by atoms with Crippen molar-refractivity contribution in [3.8, 4) is 0 Å². The van der Waals surface area contributed by atoms with Crippen LogP contribution in [0, 0.1) is 0 Å². The van der Waals surface area contributed by atoms with Gasteiger partial charge in [0.2, 0.25) is 0 Å². The molecule has 82 valence electrons. The van der Waals surface area contributed by atoms with E-state index in [4.69, 9.17) is 4.74 Å². The van der Waals surface area contributed by atoms with Gasteiger partial charge in [0.1, 0.15) is 0 Å². The molecule has 0 spiro atoms. The van der Waals surface area contributed by atoms with E-state index in [2.05, 4.69) is 21.2 Å². The summed E-state index contributed by atoms with van der Waals surface area (Å²) >= 11 is 3.37. The number of hydrogen-bond acceptors (Lipinski definition) is 3. The molecule has 4 heteroatoms. The van der Waals surface area contributed by atoms with E-state index in [9.17, 15) is 4.79 Å². The molecule has 0 unspecified atom stereocenters. The molecular weight excluding hydrogens is 258 g/mol. The van der Waals surface area contributed by atoms with Crippen LogP contribution in [0.1, 0.15) is 15.9 Å². The monoisotopic (exact) mass is 271 g/mol. The van der Waals surface area contributed by atoms with Crippen LogP contribution in [0.2, 0.25) is 0 Å². The highest BCUT2D eigenvalue weighted by Crippen LogP contribution is 2.17. The van der Waals surface area contributed by atoms with Crippen molar-refractivity contribution in [2.45, 2.75) is 6.61 Å². The molecule has 0 aliphatic carbocycles. The standard InChI is InChI=1S/C11H14BrNO2/c1-13-6-11(14)10-4-3-9(12)5-8(10)7-15-2/h3-5,13H,6-7H2,1-2H3. The summed E-state index contributed by atoms with van der Waals surface area (Å²) in [6, 6.07) is 5.59. The van der Waals surface area contributed by atoms with Crippen LogP contribution in [0.15, 0.2) is 22.7 Å². The van der Waals surface area contributed by atoms with Crippen molar-refractivity contribution >= 4 is 21.7 Å². The Morgan fingerprint density at radius 3 is 2.87 bits per heavy atom. The van der Waals surface area contributed by atoms with Crippen molar-refractivity contribution in [3.63, 3.8) is 0 Å². The number of Topliss-reactive ketones (excluding diaryl/α,β-unsaturated/α-hetero) is 1. The third-order valence-corrected chi connectivity index (χ3v) is 2.50. The van der Waals surface area contributed by atoms with Crippen LogP contribution < -0.4 is 5.32 Å². The fourth-order valence-corrected chi connectivity index (χ4v) is 1.77. The fraction of sp³-hybridized carbons (Fsp3) is 0.364. The molecule has 0 aromatic heterocycles. The molecule has 0 aliphatic heterocycles. The Hall–Kier alpha value is -0.710. The van der Waals surface area contributed by atoms with E-state index in [1.54, 1.807) is 14.2 Å². The maximum atomic E-state index is 11.7. The van der Waals surface area contributed by atoms with Gasteiger partial charge in [0.05, 0.1) is 13.2 Å². The molecule has 0 aliphatic rings. The van der Waals surface area contributed by atoms with Gasteiger partial charge in [-0.05, 0) is 30.8 Å². The second kappa shape index (κ2) is 6.00. The third kappa shape index (κ3) is 3.41. The number of ether oxygens (including phenoxy) is 1. The van der Waals surface area contributed by atoms with Crippen molar-refractivity contribution in [1.29, 1.82) is 0 Å². The molecule has 0 atom stereocenters. The molecule has 0 saturated carbocycles. The Morgan fingerprint density at radius 2 is 2.27 bits per heavy atom. The summed E-state index contributed by atoms with van der Waals surface area (Å²) < 4.78 is 6.01. The predicted octanol–water partition coefficient (Wildman–Crippen LogP) is 2.00. The van der Waals surface area contributed by atoms with Gasteiger partial charge in [-0.1, -0.05) is 15.9 Å². The minimum atomic E-state index is 0.0806. The van der Waals surface area contributed by atoms with Crippen LogP contribution >= 0.6 is 15.9 Å². The maximum Gasteiger partial charge on any atom is 0.176 e. The van der Waals surface area contributed by atoms with Crippen molar-refractivity contribution < 1.29 is 9.53 Å². The summed E-state index contributed by atoms with van der Waals surface area (Å²) in [6.45, 7) is 0.794. The fourth-order valence-electron chi connectivity index (χ4n) is 1.37. The molecule has 0 fully saturated rings. The molecule has 15 heavy (non-hydrogen) atoms. The summed E-state index contributed by atoms with van der Waals surface area (Å²) in [5.74, 6) is 0.0806. The highest BCUT2D eigenvalue weighted by molar-refractivity contribution is 9.10. The first-order valence-corrected chi connectivity index (χ1v) is 5.43. The van der Waals surface area contributed by atoms with Crippen LogP contribution in [0.25, 0.3) is 0 Å². The van der Waals surface area contributed by atoms with Crippen LogP contribution in [0.5, 0.6) is 0 Å². The Labute approximate surface area is 97.9 Å². The number of likely N-dealkylation sites (N-methyl/N-ethyl adjacent to an activating group) is 1. The van der Waals surface area contributed by atoms with Crippen molar-refractivity contribution in [2.75, 3.05) is 20.7 Å². The van der Waals surface area contributed by atoms with Crippen molar-refractivity contribution in [1.82, 2.24) is 5.32 Å². The van der Waals surface area contributed by atoms with Crippen molar-refractivity contribution in [3.05, 3.63) is 33.8 Å². The van der Waals surface area contributed by atoms with Gasteiger partial charge in [0.15, 0.2) is 5.78 Å². The lowest BCUT2D eigenvalue weighted by Gasteiger charge is -2.08.